The zero-order valence-corrected chi connectivity index (χ0v) is 12.6. The highest BCUT2D eigenvalue weighted by atomic mass is 32.1. The first-order chi connectivity index (χ1) is 10.7. The highest BCUT2D eigenvalue weighted by Crippen LogP contribution is 2.37. The number of hydrogen-bond donors (Lipinski definition) is 1. The average Bonchev–Trinajstić information content (AvgIpc) is 3.12. The normalized spacial score (nSPS) is 11.1. The van der Waals surface area contributed by atoms with E-state index in [0.717, 1.165) is 33.2 Å². The third kappa shape index (κ3) is 2.11. The predicted molar refractivity (Wildman–Crippen MR) is 86.5 cm³/mol. The van der Waals surface area contributed by atoms with Crippen LogP contribution in [0.25, 0.3) is 27.5 Å². The molecule has 0 aliphatic carbocycles. The molecule has 0 amide bonds. The van der Waals surface area contributed by atoms with Crippen molar-refractivity contribution in [3.05, 3.63) is 48.5 Å². The molecular weight excluding hydrogens is 296 g/mol. The van der Waals surface area contributed by atoms with E-state index in [4.69, 9.17) is 5.73 Å². The van der Waals surface area contributed by atoms with Gasteiger partial charge in [-0.05, 0) is 31.2 Å². The summed E-state index contributed by atoms with van der Waals surface area (Å²) in [4.78, 5) is 14.1. The molecule has 4 heterocycles. The Morgan fingerprint density at radius 2 is 2.05 bits per heavy atom. The molecule has 0 unspecified atom stereocenters. The number of nitrogen functional groups attached to an aromatic ring is 1. The summed E-state index contributed by atoms with van der Waals surface area (Å²) in [5, 5.41) is 4.69. The minimum absolute atomic E-state index is 0.520. The smallest absolute Gasteiger partial charge is 0.181 e. The molecule has 0 fully saturated rings. The fourth-order valence-electron chi connectivity index (χ4n) is 2.33. The van der Waals surface area contributed by atoms with Crippen LogP contribution in [-0.4, -0.2) is 24.6 Å². The largest absolute Gasteiger partial charge is 0.375 e. The summed E-state index contributed by atoms with van der Waals surface area (Å²) >= 11 is 1.44. The first-order valence-corrected chi connectivity index (χ1v) is 7.52. The number of thiazole rings is 1. The maximum atomic E-state index is 5.93. The predicted octanol–water partition coefficient (Wildman–Crippen LogP) is 2.81. The lowest BCUT2D eigenvalue weighted by atomic mass is 10.1. The van der Waals surface area contributed by atoms with Crippen molar-refractivity contribution >= 4 is 22.1 Å². The van der Waals surface area contributed by atoms with Gasteiger partial charge in [0.2, 0.25) is 0 Å². The molecule has 6 nitrogen and oxygen atoms in total. The molecule has 2 N–H and O–H groups in total. The Morgan fingerprint density at radius 3 is 2.91 bits per heavy atom. The maximum absolute atomic E-state index is 5.93. The second-order valence-corrected chi connectivity index (χ2v) is 5.91. The second kappa shape index (κ2) is 4.88. The van der Waals surface area contributed by atoms with Crippen LogP contribution in [0.1, 0.15) is 5.69 Å². The summed E-state index contributed by atoms with van der Waals surface area (Å²) in [6.07, 6.45) is 3.46. The minimum Gasteiger partial charge on any atom is -0.375 e. The number of pyridine rings is 2. The summed E-state index contributed by atoms with van der Waals surface area (Å²) in [5.41, 5.74) is 10.3. The molecule has 4 rings (SSSR count). The number of aryl methyl sites for hydroxylation is 1. The lowest BCUT2D eigenvalue weighted by Gasteiger charge is -2.03. The fourth-order valence-corrected chi connectivity index (χ4v) is 3.16. The second-order valence-electron chi connectivity index (χ2n) is 4.87. The van der Waals surface area contributed by atoms with Crippen LogP contribution in [0.3, 0.4) is 0 Å². The monoisotopic (exact) mass is 308 g/mol. The highest BCUT2D eigenvalue weighted by Gasteiger charge is 2.15. The number of nitrogens with two attached hydrogens (primary N) is 1. The summed E-state index contributed by atoms with van der Waals surface area (Å²) in [7, 11) is 0. The first-order valence-electron chi connectivity index (χ1n) is 6.71. The fraction of sp³-hybridized carbons (Fsp3) is 0.0667. The standard InChI is InChI=1S/C15H12N6S/c1-9-3-2-4-11(19-9)13-14(22-15(16)20-13)10-5-6-12-17-8-18-21(12)7-10/h2-8H,1H3,(H2,16,20). The van der Waals surface area contributed by atoms with Gasteiger partial charge < -0.3 is 5.73 Å². The van der Waals surface area contributed by atoms with E-state index in [2.05, 4.69) is 20.1 Å². The summed E-state index contributed by atoms with van der Waals surface area (Å²) < 4.78 is 1.73. The lowest BCUT2D eigenvalue weighted by molar-refractivity contribution is 0.963. The molecule has 108 valence electrons. The summed E-state index contributed by atoms with van der Waals surface area (Å²) in [6.45, 7) is 1.96. The van der Waals surface area contributed by atoms with E-state index in [0.29, 0.717) is 5.13 Å². The topological polar surface area (TPSA) is 82.0 Å². The third-order valence-corrected chi connectivity index (χ3v) is 4.24. The average molecular weight is 308 g/mol. The van der Waals surface area contributed by atoms with E-state index in [-0.39, 0.29) is 0 Å². The Bertz CT molecular complexity index is 971. The van der Waals surface area contributed by atoms with Crippen molar-refractivity contribution in [2.24, 2.45) is 0 Å². The maximum Gasteiger partial charge on any atom is 0.181 e. The molecule has 0 spiro atoms. The zero-order chi connectivity index (χ0) is 15.1. The zero-order valence-electron chi connectivity index (χ0n) is 11.8. The van der Waals surface area contributed by atoms with E-state index < -0.39 is 0 Å². The van der Waals surface area contributed by atoms with Gasteiger partial charge in [0.15, 0.2) is 10.8 Å². The van der Waals surface area contributed by atoms with E-state index in [1.165, 1.54) is 17.7 Å². The number of hydrogen-bond acceptors (Lipinski definition) is 6. The van der Waals surface area contributed by atoms with E-state index in [9.17, 15) is 0 Å². The molecule has 22 heavy (non-hydrogen) atoms. The summed E-state index contributed by atoms with van der Waals surface area (Å²) in [6, 6.07) is 9.79. The molecule has 0 aromatic carbocycles. The van der Waals surface area contributed by atoms with Gasteiger partial charge in [0, 0.05) is 17.5 Å². The van der Waals surface area contributed by atoms with Crippen LogP contribution in [0.15, 0.2) is 42.9 Å². The van der Waals surface area contributed by atoms with Gasteiger partial charge in [0.05, 0.1) is 10.6 Å². The van der Waals surface area contributed by atoms with Gasteiger partial charge in [-0.1, -0.05) is 17.4 Å². The van der Waals surface area contributed by atoms with Gasteiger partial charge in [0.25, 0.3) is 0 Å². The van der Waals surface area contributed by atoms with Crippen molar-refractivity contribution in [2.75, 3.05) is 5.73 Å². The van der Waals surface area contributed by atoms with Gasteiger partial charge in [-0.25, -0.2) is 14.5 Å². The van der Waals surface area contributed by atoms with Gasteiger partial charge in [0.1, 0.15) is 12.0 Å². The molecule has 0 atom stereocenters. The number of nitrogens with zero attached hydrogens (tertiary/aromatic N) is 5. The number of anilines is 1. The Morgan fingerprint density at radius 1 is 1.14 bits per heavy atom. The Balaban J connectivity index is 1.91. The van der Waals surface area contributed by atoms with E-state index in [1.54, 1.807) is 4.52 Å². The Hall–Kier alpha value is -2.80. The third-order valence-electron chi connectivity index (χ3n) is 3.31. The van der Waals surface area contributed by atoms with Gasteiger partial charge in [-0.2, -0.15) is 5.10 Å². The molecule has 0 aliphatic rings. The van der Waals surface area contributed by atoms with Crippen molar-refractivity contribution < 1.29 is 0 Å². The highest BCUT2D eigenvalue weighted by molar-refractivity contribution is 7.19. The van der Waals surface area contributed by atoms with Crippen molar-refractivity contribution in [3.8, 4) is 21.8 Å². The molecule has 7 heteroatoms. The van der Waals surface area contributed by atoms with Crippen LogP contribution in [0, 0.1) is 6.92 Å². The molecule has 4 aromatic heterocycles. The molecule has 0 radical (unpaired) electrons. The molecular formula is C15H12N6S. The van der Waals surface area contributed by atoms with Crippen LogP contribution in [0.2, 0.25) is 0 Å². The van der Waals surface area contributed by atoms with Gasteiger partial charge in [-0.3, -0.25) is 4.98 Å². The lowest BCUT2D eigenvalue weighted by Crippen LogP contribution is -1.91. The van der Waals surface area contributed by atoms with Crippen LogP contribution in [0.4, 0.5) is 5.13 Å². The van der Waals surface area contributed by atoms with Crippen molar-refractivity contribution in [1.29, 1.82) is 0 Å². The minimum atomic E-state index is 0.520. The molecule has 4 aromatic rings. The summed E-state index contributed by atoms with van der Waals surface area (Å²) in [5.74, 6) is 0. The Kier molecular flexibility index (Phi) is 2.87. The van der Waals surface area contributed by atoms with Crippen LogP contribution < -0.4 is 5.73 Å². The Labute approximate surface area is 130 Å². The number of fused-ring (bicyclic) bond motifs is 1. The van der Waals surface area contributed by atoms with Crippen molar-refractivity contribution in [1.82, 2.24) is 24.6 Å². The number of rotatable bonds is 2. The van der Waals surface area contributed by atoms with E-state index >= 15 is 0 Å². The SMILES string of the molecule is Cc1cccc(-c2nc(N)sc2-c2ccc3ncnn3c2)n1. The van der Waals surface area contributed by atoms with Gasteiger partial charge in [-0.15, -0.1) is 0 Å². The quantitative estimate of drug-likeness (QED) is 0.616. The van der Waals surface area contributed by atoms with Gasteiger partial charge >= 0.3 is 0 Å². The molecule has 0 bridgehead atoms. The van der Waals surface area contributed by atoms with Crippen LogP contribution in [0.5, 0.6) is 0 Å². The first kappa shape index (κ1) is 12.9. The molecule has 0 aliphatic heterocycles. The van der Waals surface area contributed by atoms with Crippen LogP contribution in [-0.2, 0) is 0 Å². The van der Waals surface area contributed by atoms with Crippen molar-refractivity contribution in [2.45, 2.75) is 6.92 Å². The number of aromatic nitrogens is 5. The van der Waals surface area contributed by atoms with Crippen LogP contribution >= 0.6 is 11.3 Å². The molecule has 0 saturated heterocycles. The molecule has 0 saturated carbocycles. The van der Waals surface area contributed by atoms with E-state index in [1.807, 2.05) is 43.5 Å². The van der Waals surface area contributed by atoms with Crippen molar-refractivity contribution in [3.63, 3.8) is 0 Å².